The van der Waals surface area contributed by atoms with Gasteiger partial charge in [0.1, 0.15) is 0 Å². The van der Waals surface area contributed by atoms with Crippen LogP contribution in [0.15, 0.2) is 27.4 Å². The second-order valence-electron chi connectivity index (χ2n) is 6.60. The molecule has 0 spiro atoms. The number of nitrogens with zero attached hydrogens (tertiary/aromatic N) is 2. The number of methoxy groups -OCH3 is 2. The molecule has 1 aliphatic rings. The van der Waals surface area contributed by atoms with Crippen molar-refractivity contribution < 1.29 is 28.3 Å². The van der Waals surface area contributed by atoms with Gasteiger partial charge in [-0.1, -0.05) is 0 Å². The summed E-state index contributed by atoms with van der Waals surface area (Å²) < 4.78 is 16.1. The van der Waals surface area contributed by atoms with Crippen LogP contribution < -0.4 is 5.76 Å². The Bertz CT molecular complexity index is 951. The van der Waals surface area contributed by atoms with Crippen LogP contribution in [0.2, 0.25) is 0 Å². The van der Waals surface area contributed by atoms with Gasteiger partial charge >= 0.3 is 17.7 Å². The second-order valence-corrected chi connectivity index (χ2v) is 6.60. The van der Waals surface area contributed by atoms with E-state index in [9.17, 15) is 19.2 Å². The number of esters is 2. The third-order valence-corrected chi connectivity index (χ3v) is 4.99. The number of benzene rings is 1. The van der Waals surface area contributed by atoms with Crippen LogP contribution in [0.25, 0.3) is 11.1 Å². The van der Waals surface area contributed by atoms with E-state index in [4.69, 9.17) is 9.15 Å². The van der Waals surface area contributed by atoms with Crippen LogP contribution in [-0.2, 0) is 19.1 Å². The van der Waals surface area contributed by atoms with Gasteiger partial charge in [-0.3, -0.25) is 14.2 Å². The fourth-order valence-corrected chi connectivity index (χ4v) is 3.47. The maximum Gasteiger partial charge on any atom is 0.420 e. The van der Waals surface area contributed by atoms with Crippen LogP contribution >= 0.6 is 0 Å². The average Bonchev–Trinajstić information content (AvgIpc) is 3.05. The van der Waals surface area contributed by atoms with Gasteiger partial charge < -0.3 is 18.8 Å². The average molecular weight is 390 g/mol. The van der Waals surface area contributed by atoms with Crippen molar-refractivity contribution in [2.75, 3.05) is 27.3 Å². The first-order valence-corrected chi connectivity index (χ1v) is 9.02. The third-order valence-electron chi connectivity index (χ3n) is 4.99. The van der Waals surface area contributed by atoms with E-state index in [1.54, 1.807) is 23.1 Å². The van der Waals surface area contributed by atoms with Gasteiger partial charge in [-0.15, -0.1) is 0 Å². The molecule has 2 aromatic rings. The van der Waals surface area contributed by atoms with E-state index in [-0.39, 0.29) is 24.8 Å². The fourth-order valence-electron chi connectivity index (χ4n) is 3.47. The lowest BCUT2D eigenvalue weighted by Gasteiger charge is -2.32. The van der Waals surface area contributed by atoms with Crippen LogP contribution in [0, 0.1) is 0 Å². The molecular formula is C19H22N2O7. The molecule has 3 rings (SSSR count). The highest BCUT2D eigenvalue weighted by Gasteiger charge is 2.27. The van der Waals surface area contributed by atoms with Crippen molar-refractivity contribution in [1.82, 2.24) is 9.47 Å². The van der Waals surface area contributed by atoms with Gasteiger partial charge in [0.05, 0.1) is 31.7 Å². The van der Waals surface area contributed by atoms with E-state index >= 15 is 0 Å². The number of likely N-dealkylation sites (tertiary alicyclic amines) is 1. The smallest absolute Gasteiger partial charge is 0.420 e. The number of piperidine rings is 1. The number of oxazole rings is 1. The first-order valence-electron chi connectivity index (χ1n) is 9.02. The predicted molar refractivity (Wildman–Crippen MR) is 97.9 cm³/mol. The molecule has 0 N–H and O–H groups in total. The number of rotatable bonds is 5. The summed E-state index contributed by atoms with van der Waals surface area (Å²) in [6.07, 6.45) is 1.30. The molecule has 0 bridgehead atoms. The highest BCUT2D eigenvalue weighted by atomic mass is 16.5. The molecule has 1 aromatic carbocycles. The van der Waals surface area contributed by atoms with E-state index in [0.29, 0.717) is 42.6 Å². The zero-order valence-corrected chi connectivity index (χ0v) is 15.8. The van der Waals surface area contributed by atoms with Gasteiger partial charge in [-0.2, -0.15) is 0 Å². The summed E-state index contributed by atoms with van der Waals surface area (Å²) in [4.78, 5) is 49.2. The largest absolute Gasteiger partial charge is 0.469 e. The molecular weight excluding hydrogens is 368 g/mol. The third kappa shape index (κ3) is 3.92. The molecule has 150 valence electrons. The Morgan fingerprint density at radius 2 is 1.82 bits per heavy atom. The Hall–Kier alpha value is -3.10. The number of hydrogen-bond donors (Lipinski definition) is 0. The Kier molecular flexibility index (Phi) is 5.81. The SMILES string of the molecule is COC(=O)CCC(=O)N1CCC(n2c(=O)oc3ccc(C(=O)OC)cc32)CC1. The molecule has 2 heterocycles. The number of fused-ring (bicyclic) bond motifs is 1. The summed E-state index contributed by atoms with van der Waals surface area (Å²) >= 11 is 0. The molecule has 0 aliphatic carbocycles. The Morgan fingerprint density at radius 1 is 1.11 bits per heavy atom. The number of aromatic nitrogens is 1. The summed E-state index contributed by atoms with van der Waals surface area (Å²) in [5.74, 6) is -1.51. The Balaban J connectivity index is 1.73. The van der Waals surface area contributed by atoms with Gasteiger partial charge in [-0.25, -0.2) is 9.59 Å². The molecule has 9 heteroatoms. The standard InChI is InChI=1S/C19H22N2O7/c1-26-17(23)6-5-16(22)20-9-7-13(8-10-20)21-14-11-12(18(24)27-2)3-4-15(14)28-19(21)25/h3-4,11,13H,5-10H2,1-2H3. The van der Waals surface area contributed by atoms with Crippen molar-refractivity contribution >= 4 is 28.9 Å². The van der Waals surface area contributed by atoms with Gasteiger partial charge in [0.2, 0.25) is 5.91 Å². The molecule has 1 aliphatic heterocycles. The van der Waals surface area contributed by atoms with Crippen molar-refractivity contribution in [3.63, 3.8) is 0 Å². The molecule has 1 fully saturated rings. The van der Waals surface area contributed by atoms with E-state index in [2.05, 4.69) is 4.74 Å². The fraction of sp³-hybridized carbons (Fsp3) is 0.474. The lowest BCUT2D eigenvalue weighted by atomic mass is 10.0. The van der Waals surface area contributed by atoms with E-state index in [1.165, 1.54) is 18.8 Å². The maximum absolute atomic E-state index is 12.4. The molecule has 1 saturated heterocycles. The molecule has 1 aromatic heterocycles. The molecule has 0 saturated carbocycles. The van der Waals surface area contributed by atoms with Gasteiger partial charge in [0.15, 0.2) is 5.58 Å². The minimum Gasteiger partial charge on any atom is -0.469 e. The lowest BCUT2D eigenvalue weighted by molar-refractivity contribution is -0.143. The van der Waals surface area contributed by atoms with Crippen LogP contribution in [0.1, 0.15) is 42.1 Å². The quantitative estimate of drug-likeness (QED) is 0.712. The summed E-state index contributed by atoms with van der Waals surface area (Å²) in [6.45, 7) is 0.945. The molecule has 0 radical (unpaired) electrons. The highest BCUT2D eigenvalue weighted by Crippen LogP contribution is 2.27. The van der Waals surface area contributed by atoms with E-state index in [0.717, 1.165) is 0 Å². The van der Waals surface area contributed by atoms with Crippen molar-refractivity contribution in [3.05, 3.63) is 34.3 Å². The minimum atomic E-state index is -0.493. The molecule has 0 atom stereocenters. The van der Waals surface area contributed by atoms with Gasteiger partial charge in [0, 0.05) is 25.6 Å². The van der Waals surface area contributed by atoms with Crippen molar-refractivity contribution in [3.8, 4) is 0 Å². The van der Waals surface area contributed by atoms with Crippen molar-refractivity contribution in [1.29, 1.82) is 0 Å². The Morgan fingerprint density at radius 3 is 2.46 bits per heavy atom. The van der Waals surface area contributed by atoms with Gasteiger partial charge in [-0.05, 0) is 31.0 Å². The minimum absolute atomic E-state index is 0.0530. The molecule has 28 heavy (non-hydrogen) atoms. The number of ether oxygens (including phenoxy) is 2. The summed E-state index contributed by atoms with van der Waals surface area (Å²) in [5.41, 5.74) is 1.26. The molecule has 9 nitrogen and oxygen atoms in total. The summed E-state index contributed by atoms with van der Waals surface area (Å²) in [5, 5.41) is 0. The van der Waals surface area contributed by atoms with Crippen molar-refractivity contribution in [2.24, 2.45) is 0 Å². The number of carbonyl (C=O) groups is 3. The Labute approximate surface area is 160 Å². The van der Waals surface area contributed by atoms with E-state index in [1.807, 2.05) is 0 Å². The number of hydrogen-bond acceptors (Lipinski definition) is 7. The summed E-state index contributed by atoms with van der Waals surface area (Å²) in [6, 6.07) is 4.56. The van der Waals surface area contributed by atoms with Crippen molar-refractivity contribution in [2.45, 2.75) is 31.7 Å². The normalized spacial score (nSPS) is 14.9. The lowest BCUT2D eigenvalue weighted by Crippen LogP contribution is -2.40. The van der Waals surface area contributed by atoms with Crippen LogP contribution in [0.3, 0.4) is 0 Å². The number of carbonyl (C=O) groups excluding carboxylic acids is 3. The summed E-state index contributed by atoms with van der Waals surface area (Å²) in [7, 11) is 2.58. The number of amides is 1. The van der Waals surface area contributed by atoms with Gasteiger partial charge in [0.25, 0.3) is 0 Å². The second kappa shape index (κ2) is 8.28. The zero-order valence-electron chi connectivity index (χ0n) is 15.8. The molecule has 1 amide bonds. The first-order chi connectivity index (χ1) is 13.4. The van der Waals surface area contributed by atoms with Crippen LogP contribution in [-0.4, -0.2) is 54.6 Å². The topological polar surface area (TPSA) is 108 Å². The van der Waals surface area contributed by atoms with Crippen LogP contribution in [0.5, 0.6) is 0 Å². The zero-order chi connectivity index (χ0) is 20.3. The first kappa shape index (κ1) is 19.7. The molecule has 0 unspecified atom stereocenters. The van der Waals surface area contributed by atoms with Crippen LogP contribution in [0.4, 0.5) is 0 Å². The monoisotopic (exact) mass is 390 g/mol. The predicted octanol–water partition coefficient (Wildman–Crippen LogP) is 1.50. The van der Waals surface area contributed by atoms with E-state index < -0.39 is 17.7 Å². The highest BCUT2D eigenvalue weighted by molar-refractivity contribution is 5.93. The maximum atomic E-state index is 12.4.